The normalized spacial score (nSPS) is 13.4. The van der Waals surface area contributed by atoms with Gasteiger partial charge in [-0.2, -0.15) is 6.08 Å². The van der Waals surface area contributed by atoms with Gasteiger partial charge >= 0.3 is 0 Å². The summed E-state index contributed by atoms with van der Waals surface area (Å²) in [7, 11) is 0.750. The van der Waals surface area contributed by atoms with Crippen molar-refractivity contribution >= 4 is 9.52 Å². The summed E-state index contributed by atoms with van der Waals surface area (Å²) in [5.74, 6) is 0.922. The Hall–Kier alpha value is -1.09. The molecule has 0 unspecified atom stereocenters. The average Bonchev–Trinajstić information content (AvgIpc) is 3.10. The van der Waals surface area contributed by atoms with Crippen LogP contribution in [0.15, 0.2) is 71.4 Å². The van der Waals surface area contributed by atoms with E-state index in [1.165, 1.54) is 16.7 Å². The van der Waals surface area contributed by atoms with E-state index in [2.05, 4.69) is 85.0 Å². The van der Waals surface area contributed by atoms with Gasteiger partial charge < -0.3 is 4.74 Å². The van der Waals surface area contributed by atoms with E-state index in [1.807, 2.05) is 30.3 Å². The van der Waals surface area contributed by atoms with Crippen LogP contribution in [0.25, 0.3) is 0 Å². The molecule has 1 aromatic carbocycles. The maximum absolute atomic E-state index is 5.84. The molecule has 0 saturated heterocycles. The molecule has 0 aromatic heterocycles. The fraction of sp³-hybridized carbons (Fsp3) is 0.440. The molecule has 1 nitrogen and oxygen atoms in total. The maximum Gasteiger partial charge on any atom is 0.119 e. The summed E-state index contributed by atoms with van der Waals surface area (Å²) in [6.45, 7) is 17.9. The van der Waals surface area contributed by atoms with E-state index in [1.54, 1.807) is 0 Å². The minimum atomic E-state index is 0. The average molecular weight is 431 g/mol. The zero-order valence-electron chi connectivity index (χ0n) is 19.1. The molecule has 0 bridgehead atoms. The van der Waals surface area contributed by atoms with Crippen LogP contribution in [0.1, 0.15) is 48.0 Å². The monoisotopic (exact) mass is 430 g/mol. The fourth-order valence-corrected chi connectivity index (χ4v) is 2.03. The van der Waals surface area contributed by atoms with Crippen LogP contribution in [0.5, 0.6) is 5.75 Å². The van der Waals surface area contributed by atoms with Gasteiger partial charge in [0.2, 0.25) is 0 Å². The Morgan fingerprint density at radius 3 is 2.11 bits per heavy atom. The van der Waals surface area contributed by atoms with Crippen LogP contribution in [0.3, 0.4) is 0 Å². The Bertz CT molecular complexity index is 632. The van der Waals surface area contributed by atoms with E-state index in [0.717, 1.165) is 21.7 Å². The van der Waals surface area contributed by atoms with Crippen molar-refractivity contribution in [1.29, 1.82) is 0 Å². The van der Waals surface area contributed by atoms with Crippen LogP contribution in [-0.4, -0.2) is 16.1 Å². The summed E-state index contributed by atoms with van der Waals surface area (Å²) in [4.78, 5) is 0. The molecule has 3 heteroatoms. The second kappa shape index (κ2) is 16.8. The molecule has 0 N–H and O–H groups in total. The Morgan fingerprint density at radius 1 is 1.18 bits per heavy atom. The molecule has 1 radical (unpaired) electrons. The van der Waals surface area contributed by atoms with E-state index in [0.29, 0.717) is 6.61 Å². The van der Waals surface area contributed by atoms with Crippen molar-refractivity contribution in [3.05, 3.63) is 77.4 Å². The minimum absolute atomic E-state index is 0. The Kier molecular flexibility index (Phi) is 17.5. The van der Waals surface area contributed by atoms with Crippen LogP contribution < -0.4 is 4.74 Å². The third-order valence-electron chi connectivity index (χ3n) is 3.82. The van der Waals surface area contributed by atoms with E-state index in [4.69, 9.17) is 4.74 Å². The number of ether oxygens (including phenoxy) is 1. The van der Waals surface area contributed by atoms with Gasteiger partial charge in [-0.3, -0.25) is 6.08 Å². The Morgan fingerprint density at radius 2 is 1.75 bits per heavy atom. The predicted molar refractivity (Wildman–Crippen MR) is 124 cm³/mol. The maximum atomic E-state index is 5.84. The molecule has 0 atom stereocenters. The van der Waals surface area contributed by atoms with Crippen molar-refractivity contribution in [2.45, 2.75) is 61.1 Å². The SMILES string of the molecule is CC1=[C-]CC=C1.CC=C(C)C=C(COc1ccccc1)C(C)(C)C.C[SiH]C.[Ti]. The first-order valence-corrected chi connectivity index (χ1v) is 12.0. The molecule has 0 heterocycles. The van der Waals surface area contributed by atoms with Gasteiger partial charge in [0.05, 0.1) is 0 Å². The van der Waals surface area contributed by atoms with E-state index in [9.17, 15) is 0 Å². The zero-order chi connectivity index (χ0) is 20.7. The van der Waals surface area contributed by atoms with Gasteiger partial charge in [-0.15, -0.1) is 6.42 Å². The molecule has 0 fully saturated rings. The summed E-state index contributed by atoms with van der Waals surface area (Å²) in [6, 6.07) is 9.96. The van der Waals surface area contributed by atoms with Gasteiger partial charge in [0.25, 0.3) is 0 Å². The van der Waals surface area contributed by atoms with Crippen molar-refractivity contribution in [1.82, 2.24) is 0 Å². The van der Waals surface area contributed by atoms with Crippen molar-refractivity contribution in [2.24, 2.45) is 5.41 Å². The molecule has 28 heavy (non-hydrogen) atoms. The van der Waals surface area contributed by atoms with Gasteiger partial charge in [0, 0.05) is 31.2 Å². The largest absolute Gasteiger partial charge is 0.489 e. The first kappa shape index (κ1) is 29.1. The van der Waals surface area contributed by atoms with Crippen molar-refractivity contribution in [3.8, 4) is 5.75 Å². The molecule has 1 aliphatic carbocycles. The Labute approximate surface area is 191 Å². The van der Waals surface area contributed by atoms with Gasteiger partial charge in [-0.05, 0) is 37.0 Å². The third kappa shape index (κ3) is 14.9. The second-order valence-corrected chi connectivity index (χ2v) is 8.75. The van der Waals surface area contributed by atoms with Gasteiger partial charge in [-0.1, -0.05) is 76.7 Å². The number of para-hydroxylation sites is 1. The second-order valence-electron chi connectivity index (χ2n) is 7.60. The molecular formula is C25H38OSiTi-. The quantitative estimate of drug-likeness (QED) is 0.278. The number of hydrogen-bond acceptors (Lipinski definition) is 1. The van der Waals surface area contributed by atoms with Crippen LogP contribution in [0.4, 0.5) is 0 Å². The smallest absolute Gasteiger partial charge is 0.119 e. The zero-order valence-corrected chi connectivity index (χ0v) is 21.8. The minimum Gasteiger partial charge on any atom is -0.489 e. The molecule has 2 rings (SSSR count). The van der Waals surface area contributed by atoms with Crippen LogP contribution in [0, 0.1) is 11.5 Å². The molecule has 0 saturated carbocycles. The molecule has 1 aromatic rings. The van der Waals surface area contributed by atoms with Crippen LogP contribution in [-0.2, 0) is 21.7 Å². The topological polar surface area (TPSA) is 9.23 Å². The Balaban J connectivity index is 0. The van der Waals surface area contributed by atoms with Crippen molar-refractivity contribution < 1.29 is 26.5 Å². The van der Waals surface area contributed by atoms with Gasteiger partial charge in [0.1, 0.15) is 12.4 Å². The van der Waals surface area contributed by atoms with E-state index >= 15 is 0 Å². The standard InChI is InChI=1S/C17H24O.C6H7.C2H7Si.Ti/c1-6-14(2)12-15(17(3,4)5)13-18-16-10-8-7-9-11-16;1-6-4-2-3-5-6;1-3-2;/h6-12H,13H2,1-5H3;2,4H,3H2,1H3;3H,1-2H3;/q;-1;;. The molecule has 153 valence electrons. The number of benzene rings is 1. The van der Waals surface area contributed by atoms with Crippen molar-refractivity contribution in [2.75, 3.05) is 6.61 Å². The molecule has 0 spiro atoms. The summed E-state index contributed by atoms with van der Waals surface area (Å²) in [5, 5.41) is 0. The van der Waals surface area contributed by atoms with Crippen LogP contribution in [0.2, 0.25) is 13.1 Å². The summed E-state index contributed by atoms with van der Waals surface area (Å²) < 4.78 is 5.84. The summed E-state index contributed by atoms with van der Waals surface area (Å²) in [6.07, 6.45) is 12.7. The van der Waals surface area contributed by atoms with E-state index in [-0.39, 0.29) is 27.1 Å². The molecule has 0 amide bonds. The van der Waals surface area contributed by atoms with Gasteiger partial charge in [-0.25, -0.2) is 11.6 Å². The van der Waals surface area contributed by atoms with Crippen molar-refractivity contribution in [3.63, 3.8) is 0 Å². The summed E-state index contributed by atoms with van der Waals surface area (Å²) in [5.41, 5.74) is 3.98. The first-order chi connectivity index (χ1) is 12.7. The number of allylic oxidation sites excluding steroid dienone is 7. The fourth-order valence-electron chi connectivity index (χ4n) is 2.03. The van der Waals surface area contributed by atoms with Gasteiger partial charge in [0.15, 0.2) is 0 Å². The molecule has 0 aliphatic heterocycles. The third-order valence-corrected chi connectivity index (χ3v) is 3.82. The van der Waals surface area contributed by atoms with E-state index < -0.39 is 0 Å². The number of rotatable bonds is 4. The molecular weight excluding hydrogens is 392 g/mol. The predicted octanol–water partition coefficient (Wildman–Crippen LogP) is 7.22. The van der Waals surface area contributed by atoms with Crippen LogP contribution >= 0.6 is 0 Å². The first-order valence-electron chi connectivity index (χ1n) is 9.74. The summed E-state index contributed by atoms with van der Waals surface area (Å²) >= 11 is 0. The number of hydrogen-bond donors (Lipinski definition) is 0. The molecule has 1 aliphatic rings.